The molecule has 0 aliphatic heterocycles. The SMILES string of the molecule is CCCCCC[C@@H](N)C(=O)O[C@@H](C)CC. The zero-order valence-electron chi connectivity index (χ0n) is 10.3. The Morgan fingerprint density at radius 3 is 2.47 bits per heavy atom. The Kier molecular flexibility index (Phi) is 8.38. The van der Waals surface area contributed by atoms with Crippen molar-refractivity contribution < 1.29 is 9.53 Å². The van der Waals surface area contributed by atoms with Gasteiger partial charge < -0.3 is 10.5 Å². The molecule has 0 aromatic heterocycles. The minimum Gasteiger partial charge on any atom is -0.462 e. The lowest BCUT2D eigenvalue weighted by Crippen LogP contribution is -2.34. The fourth-order valence-corrected chi connectivity index (χ4v) is 1.28. The average Bonchev–Trinajstić information content (AvgIpc) is 2.23. The van der Waals surface area contributed by atoms with Crippen molar-refractivity contribution in [1.29, 1.82) is 0 Å². The first-order chi connectivity index (χ1) is 7.11. The van der Waals surface area contributed by atoms with Crippen LogP contribution in [0, 0.1) is 0 Å². The van der Waals surface area contributed by atoms with E-state index in [0.717, 1.165) is 25.7 Å². The molecule has 0 aliphatic carbocycles. The quantitative estimate of drug-likeness (QED) is 0.500. The Labute approximate surface area is 93.4 Å². The highest BCUT2D eigenvalue weighted by molar-refractivity contribution is 5.75. The van der Waals surface area contributed by atoms with Gasteiger partial charge in [-0.2, -0.15) is 0 Å². The maximum Gasteiger partial charge on any atom is 0.323 e. The largest absolute Gasteiger partial charge is 0.462 e. The second-order valence-electron chi connectivity index (χ2n) is 4.11. The van der Waals surface area contributed by atoms with E-state index < -0.39 is 6.04 Å². The molecule has 0 spiro atoms. The molecule has 0 rings (SSSR count). The minimum atomic E-state index is -0.434. The summed E-state index contributed by atoms with van der Waals surface area (Å²) in [4.78, 5) is 11.4. The molecule has 2 atom stereocenters. The first-order valence-corrected chi connectivity index (χ1v) is 6.07. The summed E-state index contributed by atoms with van der Waals surface area (Å²) in [5.74, 6) is -0.249. The zero-order chi connectivity index (χ0) is 11.7. The van der Waals surface area contributed by atoms with Crippen molar-refractivity contribution in [1.82, 2.24) is 0 Å². The monoisotopic (exact) mass is 215 g/mol. The van der Waals surface area contributed by atoms with E-state index in [9.17, 15) is 4.79 Å². The minimum absolute atomic E-state index is 0.0146. The van der Waals surface area contributed by atoms with Crippen molar-refractivity contribution in [3.8, 4) is 0 Å². The standard InChI is InChI=1S/C12H25NO2/c1-4-6-7-8-9-11(13)12(14)15-10(3)5-2/h10-11H,4-9,13H2,1-3H3/t10-,11+/m0/s1. The van der Waals surface area contributed by atoms with Gasteiger partial charge in [0.2, 0.25) is 0 Å². The van der Waals surface area contributed by atoms with Gasteiger partial charge >= 0.3 is 5.97 Å². The summed E-state index contributed by atoms with van der Waals surface area (Å²) in [6.45, 7) is 6.05. The maximum absolute atomic E-state index is 11.4. The second kappa shape index (κ2) is 8.72. The van der Waals surface area contributed by atoms with Crippen LogP contribution in [0.2, 0.25) is 0 Å². The first-order valence-electron chi connectivity index (χ1n) is 6.07. The third-order valence-corrected chi connectivity index (χ3v) is 2.56. The molecule has 15 heavy (non-hydrogen) atoms. The normalized spacial score (nSPS) is 14.7. The van der Waals surface area contributed by atoms with Crippen molar-refractivity contribution in [2.24, 2.45) is 5.73 Å². The summed E-state index contributed by atoms with van der Waals surface area (Å²) in [5, 5.41) is 0. The molecule has 0 aliphatic rings. The lowest BCUT2D eigenvalue weighted by molar-refractivity contribution is -0.150. The van der Waals surface area contributed by atoms with Crippen LogP contribution in [0.1, 0.15) is 59.3 Å². The molecule has 0 fully saturated rings. The van der Waals surface area contributed by atoms with E-state index in [2.05, 4.69) is 6.92 Å². The van der Waals surface area contributed by atoms with Crippen LogP contribution in [0.25, 0.3) is 0 Å². The van der Waals surface area contributed by atoms with Gasteiger partial charge in [0.25, 0.3) is 0 Å². The van der Waals surface area contributed by atoms with Crippen molar-refractivity contribution >= 4 is 5.97 Å². The van der Waals surface area contributed by atoms with Gasteiger partial charge in [-0.1, -0.05) is 39.5 Å². The van der Waals surface area contributed by atoms with Gasteiger partial charge in [0, 0.05) is 0 Å². The molecule has 90 valence electrons. The molecule has 3 nitrogen and oxygen atoms in total. The zero-order valence-corrected chi connectivity index (χ0v) is 10.3. The van der Waals surface area contributed by atoms with Crippen LogP contribution >= 0.6 is 0 Å². The van der Waals surface area contributed by atoms with E-state index in [-0.39, 0.29) is 12.1 Å². The van der Waals surface area contributed by atoms with Gasteiger partial charge in [0.15, 0.2) is 0 Å². The highest BCUT2D eigenvalue weighted by atomic mass is 16.5. The molecule has 0 bridgehead atoms. The lowest BCUT2D eigenvalue weighted by atomic mass is 10.1. The number of carbonyl (C=O) groups excluding carboxylic acids is 1. The van der Waals surface area contributed by atoms with Crippen molar-refractivity contribution in [3.63, 3.8) is 0 Å². The van der Waals surface area contributed by atoms with Gasteiger partial charge in [0.05, 0.1) is 6.10 Å². The van der Waals surface area contributed by atoms with Crippen LogP contribution in [0.15, 0.2) is 0 Å². The Morgan fingerprint density at radius 1 is 1.27 bits per heavy atom. The van der Waals surface area contributed by atoms with Crippen LogP contribution < -0.4 is 5.73 Å². The topological polar surface area (TPSA) is 52.3 Å². The number of rotatable bonds is 8. The Bertz CT molecular complexity index is 171. The summed E-state index contributed by atoms with van der Waals surface area (Å²) in [7, 11) is 0. The van der Waals surface area contributed by atoms with E-state index in [4.69, 9.17) is 10.5 Å². The van der Waals surface area contributed by atoms with Gasteiger partial charge in [0.1, 0.15) is 6.04 Å². The van der Waals surface area contributed by atoms with Gasteiger partial charge in [-0.3, -0.25) is 4.79 Å². The summed E-state index contributed by atoms with van der Waals surface area (Å²) in [6.07, 6.45) is 6.16. The summed E-state index contributed by atoms with van der Waals surface area (Å²) >= 11 is 0. The van der Waals surface area contributed by atoms with E-state index in [0.29, 0.717) is 0 Å². The number of hydrogen-bond acceptors (Lipinski definition) is 3. The molecule has 0 aromatic carbocycles. The van der Waals surface area contributed by atoms with Crippen LogP contribution in [0.3, 0.4) is 0 Å². The number of ether oxygens (including phenoxy) is 1. The fraction of sp³-hybridized carbons (Fsp3) is 0.917. The summed E-state index contributed by atoms with van der Waals surface area (Å²) < 4.78 is 5.15. The average molecular weight is 215 g/mol. The van der Waals surface area contributed by atoms with E-state index in [1.807, 2.05) is 13.8 Å². The van der Waals surface area contributed by atoms with Crippen LogP contribution in [0.5, 0.6) is 0 Å². The van der Waals surface area contributed by atoms with Gasteiger partial charge in [-0.05, 0) is 19.8 Å². The maximum atomic E-state index is 11.4. The molecule has 0 radical (unpaired) electrons. The molecule has 0 aromatic rings. The third kappa shape index (κ3) is 7.37. The van der Waals surface area contributed by atoms with Crippen molar-refractivity contribution in [2.75, 3.05) is 0 Å². The number of esters is 1. The Balaban J connectivity index is 3.60. The molecular weight excluding hydrogens is 190 g/mol. The van der Waals surface area contributed by atoms with E-state index in [1.165, 1.54) is 12.8 Å². The number of carbonyl (C=O) groups is 1. The van der Waals surface area contributed by atoms with Crippen molar-refractivity contribution in [2.45, 2.75) is 71.4 Å². The molecule has 0 saturated carbocycles. The van der Waals surface area contributed by atoms with Crippen LogP contribution in [-0.4, -0.2) is 18.1 Å². The second-order valence-corrected chi connectivity index (χ2v) is 4.11. The molecule has 0 heterocycles. The van der Waals surface area contributed by atoms with E-state index >= 15 is 0 Å². The third-order valence-electron chi connectivity index (χ3n) is 2.56. The molecule has 0 unspecified atom stereocenters. The summed E-state index contributed by atoms with van der Waals surface area (Å²) in [6, 6.07) is -0.434. The van der Waals surface area contributed by atoms with Crippen LogP contribution in [0.4, 0.5) is 0 Å². The molecule has 0 saturated heterocycles. The molecule has 3 heteroatoms. The highest BCUT2D eigenvalue weighted by Crippen LogP contribution is 2.07. The molecular formula is C12H25NO2. The van der Waals surface area contributed by atoms with Gasteiger partial charge in [-0.15, -0.1) is 0 Å². The highest BCUT2D eigenvalue weighted by Gasteiger charge is 2.16. The smallest absolute Gasteiger partial charge is 0.323 e. The number of nitrogens with two attached hydrogens (primary N) is 1. The van der Waals surface area contributed by atoms with E-state index in [1.54, 1.807) is 0 Å². The summed E-state index contributed by atoms with van der Waals surface area (Å²) in [5.41, 5.74) is 5.73. The predicted octanol–water partition coefficient (Wildman–Crippen LogP) is 2.63. The fourth-order valence-electron chi connectivity index (χ4n) is 1.28. The Hall–Kier alpha value is -0.570. The first kappa shape index (κ1) is 14.4. The predicted molar refractivity (Wildman–Crippen MR) is 62.6 cm³/mol. The number of unbranched alkanes of at least 4 members (excludes halogenated alkanes) is 3. The molecule has 2 N–H and O–H groups in total. The van der Waals surface area contributed by atoms with Crippen molar-refractivity contribution in [3.05, 3.63) is 0 Å². The molecule has 0 amide bonds. The van der Waals surface area contributed by atoms with Crippen LogP contribution in [-0.2, 0) is 9.53 Å². The lowest BCUT2D eigenvalue weighted by Gasteiger charge is -2.15. The van der Waals surface area contributed by atoms with Gasteiger partial charge in [-0.25, -0.2) is 0 Å². The Morgan fingerprint density at radius 2 is 1.93 bits per heavy atom. The number of hydrogen-bond donors (Lipinski definition) is 1.